The minimum absolute atomic E-state index is 0.127. The molecule has 1 aromatic carbocycles. The van der Waals surface area contributed by atoms with Crippen molar-refractivity contribution < 1.29 is 13.9 Å². The van der Waals surface area contributed by atoms with E-state index >= 15 is 0 Å². The second-order valence-electron chi connectivity index (χ2n) is 6.34. The van der Waals surface area contributed by atoms with Crippen LogP contribution in [0.3, 0.4) is 0 Å². The van der Waals surface area contributed by atoms with E-state index in [9.17, 15) is 9.18 Å². The molecule has 1 spiro atoms. The fraction of sp³-hybridized carbons (Fsp3) is 0.562. The summed E-state index contributed by atoms with van der Waals surface area (Å²) >= 11 is 0. The van der Waals surface area contributed by atoms with Crippen molar-refractivity contribution in [3.05, 3.63) is 35.6 Å². The molecule has 4 nitrogen and oxygen atoms in total. The first-order chi connectivity index (χ1) is 10.2. The van der Waals surface area contributed by atoms with E-state index in [4.69, 9.17) is 4.74 Å². The number of ether oxygens (including phenoxy) is 1. The van der Waals surface area contributed by atoms with Crippen LogP contribution in [-0.2, 0) is 9.53 Å². The Morgan fingerprint density at radius 2 is 2.19 bits per heavy atom. The number of nitrogens with zero attached hydrogens (tertiary/aromatic N) is 1. The van der Waals surface area contributed by atoms with Crippen LogP contribution in [0.1, 0.15) is 31.0 Å². The standard InChI is InChI=1S/C16H19FN2O2/c17-13-4-2-1-3-12(13)14-18-16(6-7-16)15(20)19(14)9-11-5-8-21-10-11/h1-4,11,14,18H,5-10H2. The summed E-state index contributed by atoms with van der Waals surface area (Å²) in [6.07, 6.45) is 2.34. The highest BCUT2D eigenvalue weighted by molar-refractivity contribution is 5.92. The summed E-state index contributed by atoms with van der Waals surface area (Å²) in [6.45, 7) is 2.10. The molecule has 2 aliphatic heterocycles. The van der Waals surface area contributed by atoms with Crippen LogP contribution in [0.25, 0.3) is 0 Å². The average molecular weight is 290 g/mol. The number of halogens is 1. The molecule has 5 heteroatoms. The van der Waals surface area contributed by atoms with Crippen LogP contribution in [0.4, 0.5) is 4.39 Å². The van der Waals surface area contributed by atoms with Crippen molar-refractivity contribution in [3.8, 4) is 0 Å². The molecule has 1 amide bonds. The van der Waals surface area contributed by atoms with Gasteiger partial charge in [-0.1, -0.05) is 18.2 Å². The van der Waals surface area contributed by atoms with E-state index in [1.54, 1.807) is 12.1 Å². The second-order valence-corrected chi connectivity index (χ2v) is 6.34. The Hall–Kier alpha value is -1.46. The average Bonchev–Trinajstić information content (AvgIpc) is 2.99. The fourth-order valence-electron chi connectivity index (χ4n) is 3.41. The number of carbonyl (C=O) groups is 1. The Kier molecular flexibility index (Phi) is 3.01. The van der Waals surface area contributed by atoms with Crippen LogP contribution in [0.15, 0.2) is 24.3 Å². The topological polar surface area (TPSA) is 41.6 Å². The van der Waals surface area contributed by atoms with E-state index in [1.165, 1.54) is 6.07 Å². The van der Waals surface area contributed by atoms with Crippen molar-refractivity contribution in [1.82, 2.24) is 10.2 Å². The highest BCUT2D eigenvalue weighted by Crippen LogP contribution is 2.46. The zero-order valence-electron chi connectivity index (χ0n) is 11.8. The molecular weight excluding hydrogens is 271 g/mol. The van der Waals surface area contributed by atoms with Gasteiger partial charge in [0.1, 0.15) is 17.5 Å². The van der Waals surface area contributed by atoms with Crippen molar-refractivity contribution in [3.63, 3.8) is 0 Å². The van der Waals surface area contributed by atoms with Crippen LogP contribution in [0.5, 0.6) is 0 Å². The zero-order valence-corrected chi connectivity index (χ0v) is 11.8. The van der Waals surface area contributed by atoms with Gasteiger partial charge in [0.2, 0.25) is 5.91 Å². The maximum absolute atomic E-state index is 14.1. The van der Waals surface area contributed by atoms with Gasteiger partial charge in [-0.25, -0.2) is 4.39 Å². The summed E-state index contributed by atoms with van der Waals surface area (Å²) in [7, 11) is 0. The van der Waals surface area contributed by atoms with Gasteiger partial charge < -0.3 is 9.64 Å². The first-order valence-corrected chi connectivity index (χ1v) is 7.61. The number of carbonyl (C=O) groups excluding carboxylic acids is 1. The first kappa shape index (κ1) is 13.2. The van der Waals surface area contributed by atoms with Gasteiger partial charge in [0.05, 0.1) is 6.61 Å². The van der Waals surface area contributed by atoms with Gasteiger partial charge >= 0.3 is 0 Å². The van der Waals surface area contributed by atoms with Crippen molar-refractivity contribution in [2.24, 2.45) is 5.92 Å². The summed E-state index contributed by atoms with van der Waals surface area (Å²) in [6, 6.07) is 6.72. The number of hydrogen-bond acceptors (Lipinski definition) is 3. The summed E-state index contributed by atoms with van der Waals surface area (Å²) in [4.78, 5) is 14.5. The molecule has 1 aliphatic carbocycles. The van der Waals surface area contributed by atoms with Crippen LogP contribution in [-0.4, -0.2) is 36.1 Å². The predicted octanol–water partition coefficient (Wildman–Crippen LogP) is 1.83. The van der Waals surface area contributed by atoms with E-state index in [-0.39, 0.29) is 17.9 Å². The Balaban J connectivity index is 1.63. The molecule has 112 valence electrons. The van der Waals surface area contributed by atoms with Gasteiger partial charge in [-0.15, -0.1) is 0 Å². The van der Waals surface area contributed by atoms with Crippen molar-refractivity contribution >= 4 is 5.91 Å². The van der Waals surface area contributed by atoms with Gasteiger partial charge in [0.15, 0.2) is 0 Å². The largest absolute Gasteiger partial charge is 0.381 e. The molecule has 3 fully saturated rings. The number of amides is 1. The molecule has 2 atom stereocenters. The Morgan fingerprint density at radius 1 is 1.38 bits per heavy atom. The van der Waals surface area contributed by atoms with Crippen molar-refractivity contribution in [2.75, 3.05) is 19.8 Å². The summed E-state index contributed by atoms with van der Waals surface area (Å²) < 4.78 is 19.5. The normalized spacial score (nSPS) is 30.3. The van der Waals surface area contributed by atoms with E-state index < -0.39 is 5.54 Å². The zero-order chi connectivity index (χ0) is 14.4. The fourth-order valence-corrected chi connectivity index (χ4v) is 3.41. The maximum atomic E-state index is 14.1. The molecule has 1 aromatic rings. The number of nitrogens with one attached hydrogen (secondary N) is 1. The lowest BCUT2D eigenvalue weighted by molar-refractivity contribution is -0.131. The first-order valence-electron chi connectivity index (χ1n) is 7.61. The highest BCUT2D eigenvalue weighted by Gasteiger charge is 2.59. The molecule has 1 saturated carbocycles. The third-order valence-electron chi connectivity index (χ3n) is 4.82. The molecule has 0 aromatic heterocycles. The Morgan fingerprint density at radius 3 is 2.86 bits per heavy atom. The second kappa shape index (κ2) is 4.78. The smallest absolute Gasteiger partial charge is 0.244 e. The van der Waals surface area contributed by atoms with Crippen LogP contribution >= 0.6 is 0 Å². The summed E-state index contributed by atoms with van der Waals surface area (Å²) in [5.41, 5.74) is 0.139. The quantitative estimate of drug-likeness (QED) is 0.923. The molecule has 0 bridgehead atoms. The lowest BCUT2D eigenvalue weighted by Gasteiger charge is -2.27. The van der Waals surface area contributed by atoms with Crippen molar-refractivity contribution in [1.29, 1.82) is 0 Å². The minimum atomic E-state index is -0.424. The molecule has 21 heavy (non-hydrogen) atoms. The predicted molar refractivity (Wildman–Crippen MR) is 74.9 cm³/mol. The summed E-state index contributed by atoms with van der Waals surface area (Å²) in [5.74, 6) is 0.231. The third-order valence-corrected chi connectivity index (χ3v) is 4.82. The molecule has 2 heterocycles. The molecule has 0 radical (unpaired) electrons. The number of rotatable bonds is 3. The van der Waals surface area contributed by atoms with E-state index in [2.05, 4.69) is 5.32 Å². The van der Waals surface area contributed by atoms with E-state index in [0.717, 1.165) is 25.9 Å². The third kappa shape index (κ3) is 2.15. The molecule has 3 aliphatic rings. The van der Waals surface area contributed by atoms with E-state index in [0.29, 0.717) is 24.6 Å². The SMILES string of the molecule is O=C1N(CC2CCOC2)C(c2ccccc2F)NC12CC2. The van der Waals surface area contributed by atoms with Crippen LogP contribution < -0.4 is 5.32 Å². The lowest BCUT2D eigenvalue weighted by Crippen LogP contribution is -2.36. The van der Waals surface area contributed by atoms with Gasteiger partial charge in [-0.05, 0) is 25.3 Å². The number of benzene rings is 1. The van der Waals surface area contributed by atoms with Crippen molar-refractivity contribution in [2.45, 2.75) is 31.0 Å². The minimum Gasteiger partial charge on any atom is -0.381 e. The highest BCUT2D eigenvalue weighted by atomic mass is 19.1. The molecule has 4 rings (SSSR count). The Bertz CT molecular complexity index is 567. The van der Waals surface area contributed by atoms with E-state index in [1.807, 2.05) is 11.0 Å². The molecular formula is C16H19FN2O2. The van der Waals surface area contributed by atoms with Gasteiger partial charge in [-0.3, -0.25) is 10.1 Å². The molecule has 2 unspecified atom stereocenters. The molecule has 1 N–H and O–H groups in total. The van der Waals surface area contributed by atoms with Gasteiger partial charge in [-0.2, -0.15) is 0 Å². The molecule has 2 saturated heterocycles. The Labute approximate surface area is 123 Å². The lowest BCUT2D eigenvalue weighted by atomic mass is 10.1. The van der Waals surface area contributed by atoms with Gasteiger partial charge in [0, 0.05) is 24.6 Å². The monoisotopic (exact) mass is 290 g/mol. The number of hydrogen-bond donors (Lipinski definition) is 1. The summed E-state index contributed by atoms with van der Waals surface area (Å²) in [5, 5.41) is 3.37. The maximum Gasteiger partial charge on any atom is 0.244 e. The van der Waals surface area contributed by atoms with Gasteiger partial charge in [0.25, 0.3) is 0 Å². The van der Waals surface area contributed by atoms with Crippen LogP contribution in [0, 0.1) is 11.7 Å². The van der Waals surface area contributed by atoms with Crippen LogP contribution in [0.2, 0.25) is 0 Å².